The molecule has 0 saturated carbocycles. The zero-order valence-corrected chi connectivity index (χ0v) is 43.8. The molecule has 8 heteroatoms. The smallest absolute Gasteiger partial charge is 0.138 e. The van der Waals surface area contributed by atoms with Gasteiger partial charge in [-0.2, -0.15) is 0 Å². The Morgan fingerprint density at radius 3 is 1.23 bits per heavy atom. The molecule has 3 radical (unpaired) electrons. The van der Waals surface area contributed by atoms with Gasteiger partial charge in [0.25, 0.3) is 0 Å². The molecule has 0 saturated heterocycles. The third-order valence-corrected chi connectivity index (χ3v) is 15.1. The second-order valence-corrected chi connectivity index (χ2v) is 19.9. The van der Waals surface area contributed by atoms with Gasteiger partial charge in [-0.05, 0) is 88.7 Å². The van der Waals surface area contributed by atoms with Crippen molar-refractivity contribution in [2.75, 3.05) is 0 Å². The molecule has 16 aromatic rings. The maximum absolute atomic E-state index is 5.20. The van der Waals surface area contributed by atoms with E-state index >= 15 is 0 Å². The second-order valence-electron chi connectivity index (χ2n) is 19.1. The van der Waals surface area contributed by atoms with Crippen molar-refractivity contribution in [2.45, 2.75) is 7.43 Å². The molecular formula is C71H51BBrN6. The van der Waals surface area contributed by atoms with E-state index in [4.69, 9.17) is 4.98 Å². The van der Waals surface area contributed by atoms with E-state index in [1.807, 2.05) is 42.5 Å². The van der Waals surface area contributed by atoms with Crippen molar-refractivity contribution in [3.05, 3.63) is 284 Å². The van der Waals surface area contributed by atoms with Gasteiger partial charge < -0.3 is 14.1 Å². The van der Waals surface area contributed by atoms with Gasteiger partial charge in [0.15, 0.2) is 0 Å². The lowest BCUT2D eigenvalue weighted by molar-refractivity contribution is 1.08. The molecule has 0 aliphatic rings. The fraction of sp³-hybridized carbons (Fsp3) is 0.0141. The van der Waals surface area contributed by atoms with E-state index in [0.717, 1.165) is 44.1 Å². The summed E-state index contributed by atoms with van der Waals surface area (Å²) in [5, 5.41) is 10.0. The number of fused-ring (bicyclic) bond motifs is 14. The lowest BCUT2D eigenvalue weighted by Crippen LogP contribution is -2.01. The van der Waals surface area contributed by atoms with Crippen LogP contribution in [0.3, 0.4) is 0 Å². The lowest BCUT2D eigenvalue weighted by atomic mass is 10.1. The Bertz CT molecular complexity index is 4810. The van der Waals surface area contributed by atoms with Gasteiger partial charge in [0.05, 0.1) is 50.0 Å². The lowest BCUT2D eigenvalue weighted by Gasteiger charge is -2.12. The third kappa shape index (κ3) is 8.82. The van der Waals surface area contributed by atoms with Crippen LogP contribution in [0.1, 0.15) is 7.43 Å². The fourth-order valence-corrected chi connectivity index (χ4v) is 11.6. The molecule has 10 aromatic carbocycles. The predicted octanol–water partition coefficient (Wildman–Crippen LogP) is 19.1. The molecule has 0 spiro atoms. The highest BCUT2D eigenvalue weighted by Crippen LogP contribution is 2.42. The van der Waals surface area contributed by atoms with Crippen LogP contribution in [0.5, 0.6) is 0 Å². The highest BCUT2D eigenvalue weighted by Gasteiger charge is 2.22. The van der Waals surface area contributed by atoms with Crippen LogP contribution in [-0.4, -0.2) is 37.1 Å². The molecule has 79 heavy (non-hydrogen) atoms. The summed E-state index contributed by atoms with van der Waals surface area (Å²) in [6, 6.07) is 97.6. The molecule has 0 atom stereocenters. The van der Waals surface area contributed by atoms with E-state index in [9.17, 15) is 0 Å². The number of hydrogen-bond donors (Lipinski definition) is 1. The minimum absolute atomic E-state index is 0. The average molecular weight is 1080 g/mol. The Morgan fingerprint density at radius 1 is 0.304 bits per heavy atom. The van der Waals surface area contributed by atoms with Crippen LogP contribution >= 0.6 is 15.9 Å². The molecular weight excluding hydrogens is 1030 g/mol. The van der Waals surface area contributed by atoms with Gasteiger partial charge in [0, 0.05) is 79.5 Å². The predicted molar refractivity (Wildman–Crippen MR) is 338 cm³/mol. The van der Waals surface area contributed by atoms with Crippen LogP contribution in [-0.2, 0) is 0 Å². The zero-order chi connectivity index (χ0) is 51.2. The first-order chi connectivity index (χ1) is 38.2. The molecule has 375 valence electrons. The van der Waals surface area contributed by atoms with Gasteiger partial charge in [-0.15, -0.1) is 0 Å². The number of nitrogens with one attached hydrogen (secondary N) is 1. The van der Waals surface area contributed by atoms with Crippen LogP contribution in [0.4, 0.5) is 0 Å². The Morgan fingerprint density at radius 2 is 0.696 bits per heavy atom. The first-order valence-corrected chi connectivity index (χ1v) is 26.7. The van der Waals surface area contributed by atoms with Crippen molar-refractivity contribution >= 4 is 112 Å². The van der Waals surface area contributed by atoms with E-state index in [2.05, 4.69) is 276 Å². The number of benzene rings is 10. The van der Waals surface area contributed by atoms with E-state index in [1.54, 1.807) is 0 Å². The standard InChI is InChI=1S/C35H23N3.C24H16N2.C11H8BrN.CH4.B/c1-3-12-24(13-4-1)30-18-11-21-33(36-30)38-32-20-10-8-17-27(32)29-23-22-28-26-16-7-9-19-31(26)37(34(28)35(29)38)25-14-5-2-6-15-25;1-2-8-16(9-3-1)26-22-13-7-5-11-18(22)20-15-14-19-17-10-4-6-12-21(17)25-23(19)24(20)26;12-11-8-4-7-10(13-11)9-5-2-1-3-6-9;;/h1-23H;1-15,25H;1-8H;1H4;. The van der Waals surface area contributed by atoms with Crippen molar-refractivity contribution in [3.63, 3.8) is 0 Å². The molecule has 0 aliphatic heterocycles. The van der Waals surface area contributed by atoms with Gasteiger partial charge in [0.2, 0.25) is 0 Å². The van der Waals surface area contributed by atoms with Crippen LogP contribution in [0, 0.1) is 0 Å². The maximum Gasteiger partial charge on any atom is 0.138 e. The first-order valence-electron chi connectivity index (χ1n) is 25.9. The number of rotatable bonds is 5. The molecule has 6 aromatic heterocycles. The van der Waals surface area contributed by atoms with Crippen molar-refractivity contribution in [2.24, 2.45) is 0 Å². The minimum Gasteiger partial charge on any atom is -0.353 e. The minimum atomic E-state index is 0. The Balaban J connectivity index is 0.000000131. The molecule has 6 heterocycles. The number of aromatic nitrogens is 6. The molecule has 1 N–H and O–H groups in total. The highest BCUT2D eigenvalue weighted by atomic mass is 79.9. The molecule has 0 amide bonds. The first kappa shape index (κ1) is 50.1. The second kappa shape index (κ2) is 21.3. The third-order valence-electron chi connectivity index (χ3n) is 14.6. The number of pyridine rings is 2. The van der Waals surface area contributed by atoms with Gasteiger partial charge >= 0.3 is 0 Å². The van der Waals surface area contributed by atoms with E-state index in [-0.39, 0.29) is 15.8 Å². The number of nitrogens with zero attached hydrogens (tertiary/aromatic N) is 5. The van der Waals surface area contributed by atoms with Crippen LogP contribution in [0.15, 0.2) is 284 Å². The molecule has 0 aliphatic carbocycles. The number of hydrogen-bond acceptors (Lipinski definition) is 2. The molecule has 0 unspecified atom stereocenters. The summed E-state index contributed by atoms with van der Waals surface area (Å²) in [7, 11) is 0. The molecule has 16 rings (SSSR count). The maximum atomic E-state index is 5.20. The molecule has 0 fully saturated rings. The number of aromatic amines is 1. The summed E-state index contributed by atoms with van der Waals surface area (Å²) < 4.78 is 8.00. The average Bonchev–Trinajstić information content (AvgIpc) is 4.10. The van der Waals surface area contributed by atoms with Crippen LogP contribution in [0.25, 0.3) is 127 Å². The summed E-state index contributed by atoms with van der Waals surface area (Å²) in [5.41, 5.74) is 16.1. The van der Waals surface area contributed by atoms with Crippen LogP contribution < -0.4 is 0 Å². The van der Waals surface area contributed by atoms with Crippen molar-refractivity contribution in [1.29, 1.82) is 0 Å². The summed E-state index contributed by atoms with van der Waals surface area (Å²) >= 11 is 3.35. The van der Waals surface area contributed by atoms with Crippen molar-refractivity contribution < 1.29 is 0 Å². The fourth-order valence-electron chi connectivity index (χ4n) is 11.3. The normalized spacial score (nSPS) is 11.2. The molecule has 0 bridgehead atoms. The number of para-hydroxylation sites is 6. The van der Waals surface area contributed by atoms with E-state index < -0.39 is 0 Å². The quantitative estimate of drug-likeness (QED) is 0.138. The molecule has 6 nitrogen and oxygen atoms in total. The Kier molecular flexibility index (Phi) is 13.5. The van der Waals surface area contributed by atoms with Gasteiger partial charge in [-0.3, -0.25) is 4.57 Å². The monoisotopic (exact) mass is 1080 g/mol. The van der Waals surface area contributed by atoms with Gasteiger partial charge in [-0.1, -0.05) is 214 Å². The van der Waals surface area contributed by atoms with Crippen molar-refractivity contribution in [1.82, 2.24) is 28.7 Å². The SMILES string of the molecule is Brc1cccc(-c2ccccc2)n1.C.[B].c1ccc(-c2cccc(-n3c4ccccc4c4ccc5c6ccccc6n(-c6ccccc6)c5c43)n2)cc1.c1ccc(-n2c3ccccc3c3ccc4c5ccccc5[nH]c4c32)cc1. The summed E-state index contributed by atoms with van der Waals surface area (Å²) in [6.07, 6.45) is 0. The van der Waals surface area contributed by atoms with E-state index in [0.29, 0.717) is 0 Å². The van der Waals surface area contributed by atoms with Gasteiger partial charge in [0.1, 0.15) is 10.4 Å². The van der Waals surface area contributed by atoms with E-state index in [1.165, 1.54) is 87.4 Å². The van der Waals surface area contributed by atoms with Gasteiger partial charge in [-0.25, -0.2) is 9.97 Å². The number of H-pyrrole nitrogens is 1. The summed E-state index contributed by atoms with van der Waals surface area (Å²) in [6.45, 7) is 0. The van der Waals surface area contributed by atoms with Crippen LogP contribution in [0.2, 0.25) is 0 Å². The Labute approximate surface area is 468 Å². The van der Waals surface area contributed by atoms with Crippen molar-refractivity contribution in [3.8, 4) is 39.7 Å². The largest absolute Gasteiger partial charge is 0.353 e. The zero-order valence-electron chi connectivity index (χ0n) is 42.2. The Hall–Kier alpha value is -9.76. The summed E-state index contributed by atoms with van der Waals surface area (Å²) in [5.74, 6) is 0.912. The highest BCUT2D eigenvalue weighted by molar-refractivity contribution is 9.10. The number of halogens is 1. The topological polar surface area (TPSA) is 56.4 Å². The summed E-state index contributed by atoms with van der Waals surface area (Å²) in [4.78, 5) is 13.2.